The van der Waals surface area contributed by atoms with Crippen LogP contribution in [0.2, 0.25) is 5.02 Å². The molecule has 2 aromatic heterocycles. The largest absolute Gasteiger partial charge is 0.539 e. The number of hydrogen-bond donors (Lipinski definition) is 0. The number of halogens is 1. The van der Waals surface area contributed by atoms with Gasteiger partial charge in [0, 0.05) is 28.3 Å². The Morgan fingerprint density at radius 1 is 0.875 bits per heavy atom. The van der Waals surface area contributed by atoms with E-state index < -0.39 is 5.95 Å². The van der Waals surface area contributed by atoms with Gasteiger partial charge in [-0.25, -0.2) is 0 Å². The molecule has 2 heterocycles. The van der Waals surface area contributed by atoms with Crippen LogP contribution in [0.25, 0.3) is 28.6 Å². The molecule has 8 heteroatoms. The molecule has 4 rings (SSSR count). The fourth-order valence-corrected chi connectivity index (χ4v) is 2.28. The first kappa shape index (κ1) is 14.4. The lowest BCUT2D eigenvalue weighted by Crippen LogP contribution is -2.31. The molecule has 0 aliphatic heterocycles. The van der Waals surface area contributed by atoms with Gasteiger partial charge in [-0.2, -0.15) is 0 Å². The van der Waals surface area contributed by atoms with Crippen molar-refractivity contribution < 1.29 is 18.7 Å². The van der Waals surface area contributed by atoms with Crippen LogP contribution in [0.3, 0.4) is 0 Å². The first-order chi connectivity index (χ1) is 11.7. The summed E-state index contributed by atoms with van der Waals surface area (Å²) in [6, 6.07) is 14.3. The second-order valence-corrected chi connectivity index (χ2v) is 5.37. The van der Waals surface area contributed by atoms with Gasteiger partial charge in [-0.05, 0) is 41.1 Å². The molecule has 0 saturated carbocycles. The standard InChI is InChI=1S/C16H9ClN4O3/c17-12-5-1-10(2-6-12)15-18-19-16(23-15)11-3-7-13(8-4-11)21-9-14(22)24-20-21/h1-9H. The third-order valence-electron chi connectivity index (χ3n) is 3.34. The van der Waals surface area contributed by atoms with Gasteiger partial charge in [-0.15, -0.1) is 10.2 Å². The molecule has 0 aliphatic rings. The van der Waals surface area contributed by atoms with E-state index in [2.05, 4.69) is 20.0 Å². The molecule has 0 radical (unpaired) electrons. The Morgan fingerprint density at radius 3 is 2.00 bits per heavy atom. The fourth-order valence-electron chi connectivity index (χ4n) is 2.16. The van der Waals surface area contributed by atoms with Gasteiger partial charge in [0.15, 0.2) is 0 Å². The molecule has 118 valence electrons. The highest BCUT2D eigenvalue weighted by atomic mass is 35.5. The summed E-state index contributed by atoms with van der Waals surface area (Å²) in [5.74, 6) is 0.289. The molecule has 7 nitrogen and oxygen atoms in total. The minimum Gasteiger partial charge on any atom is -0.539 e. The fraction of sp³-hybridized carbons (Fsp3) is 0. The van der Waals surface area contributed by atoms with Crippen LogP contribution in [-0.4, -0.2) is 15.5 Å². The number of nitrogens with zero attached hydrogens (tertiary/aromatic N) is 4. The first-order valence-corrected chi connectivity index (χ1v) is 7.33. The van der Waals surface area contributed by atoms with Crippen molar-refractivity contribution in [3.05, 3.63) is 59.8 Å². The van der Waals surface area contributed by atoms with Crippen LogP contribution in [0.1, 0.15) is 0 Å². The van der Waals surface area contributed by atoms with E-state index >= 15 is 0 Å². The molecule has 0 unspecified atom stereocenters. The Kier molecular flexibility index (Phi) is 3.47. The predicted octanol–water partition coefficient (Wildman–Crippen LogP) is 2.40. The lowest BCUT2D eigenvalue weighted by atomic mass is 10.2. The smallest absolute Gasteiger partial charge is 0.248 e. The third-order valence-corrected chi connectivity index (χ3v) is 3.59. The monoisotopic (exact) mass is 340 g/mol. The van der Waals surface area contributed by atoms with E-state index in [1.807, 2.05) is 12.1 Å². The van der Waals surface area contributed by atoms with Gasteiger partial charge in [0.05, 0.1) is 5.27 Å². The average Bonchev–Trinajstić information content (AvgIpc) is 3.25. The van der Waals surface area contributed by atoms with Crippen LogP contribution in [0.4, 0.5) is 0 Å². The van der Waals surface area contributed by atoms with E-state index in [1.54, 1.807) is 36.4 Å². The quantitative estimate of drug-likeness (QED) is 0.532. The lowest BCUT2D eigenvalue weighted by molar-refractivity contribution is -0.670. The maximum absolute atomic E-state index is 11.0. The van der Waals surface area contributed by atoms with Crippen molar-refractivity contribution in [3.8, 4) is 34.5 Å². The van der Waals surface area contributed by atoms with Crippen molar-refractivity contribution in [2.75, 3.05) is 0 Å². The molecule has 0 bridgehead atoms. The molecule has 0 amide bonds. The Hall–Kier alpha value is -3.19. The van der Waals surface area contributed by atoms with E-state index in [4.69, 9.17) is 16.0 Å². The highest BCUT2D eigenvalue weighted by molar-refractivity contribution is 6.30. The van der Waals surface area contributed by atoms with Crippen LogP contribution >= 0.6 is 11.6 Å². The summed E-state index contributed by atoms with van der Waals surface area (Å²) in [7, 11) is 0. The van der Waals surface area contributed by atoms with E-state index in [9.17, 15) is 5.11 Å². The summed E-state index contributed by atoms with van der Waals surface area (Å²) in [5, 5.41) is 23.4. The van der Waals surface area contributed by atoms with Gasteiger partial charge in [0.1, 0.15) is 5.95 Å². The third kappa shape index (κ3) is 2.72. The molecule has 2 aromatic carbocycles. The zero-order chi connectivity index (χ0) is 16.5. The zero-order valence-electron chi connectivity index (χ0n) is 12.1. The zero-order valence-corrected chi connectivity index (χ0v) is 12.8. The van der Waals surface area contributed by atoms with Gasteiger partial charge < -0.3 is 14.0 Å². The maximum Gasteiger partial charge on any atom is 0.248 e. The maximum atomic E-state index is 11.0. The summed E-state index contributed by atoms with van der Waals surface area (Å²) in [4.78, 5) is 0. The van der Waals surface area contributed by atoms with Crippen molar-refractivity contribution in [2.24, 2.45) is 0 Å². The van der Waals surface area contributed by atoms with E-state index in [0.717, 1.165) is 11.1 Å². The predicted molar refractivity (Wildman–Crippen MR) is 81.2 cm³/mol. The second-order valence-electron chi connectivity index (χ2n) is 4.93. The van der Waals surface area contributed by atoms with Crippen molar-refractivity contribution in [1.29, 1.82) is 0 Å². The molecule has 0 aliphatic carbocycles. The summed E-state index contributed by atoms with van der Waals surface area (Å²) >= 11 is 5.87. The number of benzene rings is 2. The van der Waals surface area contributed by atoms with Gasteiger partial charge >= 0.3 is 0 Å². The summed E-state index contributed by atoms with van der Waals surface area (Å²) in [6.45, 7) is 0. The molecular formula is C16H9ClN4O3. The molecule has 0 saturated heterocycles. The van der Waals surface area contributed by atoms with E-state index in [0.29, 0.717) is 22.5 Å². The molecule has 0 N–H and O–H groups in total. The molecule has 4 aromatic rings. The molecule has 0 fully saturated rings. The van der Waals surface area contributed by atoms with Crippen molar-refractivity contribution >= 4 is 11.6 Å². The summed E-state index contributed by atoms with van der Waals surface area (Å²) in [5.41, 5.74) is 2.22. The number of rotatable bonds is 3. The Bertz CT molecular complexity index is 977. The minimum absolute atomic E-state index is 0.390. The van der Waals surface area contributed by atoms with Gasteiger partial charge in [-0.1, -0.05) is 11.6 Å². The highest BCUT2D eigenvalue weighted by Gasteiger charge is 2.13. The Morgan fingerprint density at radius 2 is 1.46 bits per heavy atom. The number of aromatic nitrogens is 4. The van der Waals surface area contributed by atoms with Gasteiger partial charge in [-0.3, -0.25) is 0 Å². The summed E-state index contributed by atoms with van der Waals surface area (Å²) < 4.78 is 11.5. The summed E-state index contributed by atoms with van der Waals surface area (Å²) in [6.07, 6.45) is 1.25. The highest BCUT2D eigenvalue weighted by Crippen LogP contribution is 2.25. The average molecular weight is 341 g/mol. The van der Waals surface area contributed by atoms with Crippen molar-refractivity contribution in [3.63, 3.8) is 0 Å². The molecular weight excluding hydrogens is 332 g/mol. The molecule has 0 spiro atoms. The van der Waals surface area contributed by atoms with E-state index in [-0.39, 0.29) is 0 Å². The SMILES string of the molecule is [O-]c1c[n+](-c2ccc(-c3nnc(-c4ccc(Cl)cc4)o3)cc2)no1. The topological polar surface area (TPSA) is 91.9 Å². The number of hydrogen-bond acceptors (Lipinski definition) is 6. The molecule has 0 atom stereocenters. The Balaban J connectivity index is 1.61. The Labute approximate surface area is 140 Å². The van der Waals surface area contributed by atoms with E-state index in [1.165, 1.54) is 10.9 Å². The molecule has 24 heavy (non-hydrogen) atoms. The first-order valence-electron chi connectivity index (χ1n) is 6.95. The van der Waals surface area contributed by atoms with Crippen LogP contribution in [0.5, 0.6) is 5.95 Å². The van der Waals surface area contributed by atoms with Gasteiger partial charge in [0.25, 0.3) is 0 Å². The van der Waals surface area contributed by atoms with Crippen molar-refractivity contribution in [1.82, 2.24) is 15.5 Å². The normalized spacial score (nSPS) is 10.9. The van der Waals surface area contributed by atoms with Crippen LogP contribution in [-0.2, 0) is 0 Å². The van der Waals surface area contributed by atoms with Crippen LogP contribution in [0, 0.1) is 0 Å². The van der Waals surface area contributed by atoms with Crippen LogP contribution in [0.15, 0.2) is 63.7 Å². The minimum atomic E-state index is -0.511. The van der Waals surface area contributed by atoms with Crippen molar-refractivity contribution in [2.45, 2.75) is 0 Å². The van der Waals surface area contributed by atoms with Gasteiger partial charge in [0.2, 0.25) is 23.7 Å². The second kappa shape index (κ2) is 5.78. The van der Waals surface area contributed by atoms with Crippen LogP contribution < -0.4 is 9.79 Å². The lowest BCUT2D eigenvalue weighted by Gasteiger charge is -1.95.